The highest BCUT2D eigenvalue weighted by Gasteiger charge is 2.38. The van der Waals surface area contributed by atoms with Gasteiger partial charge in [-0.2, -0.15) is 5.10 Å². The molecule has 51 heavy (non-hydrogen) atoms. The van der Waals surface area contributed by atoms with Gasteiger partial charge in [-0.15, -0.1) is 0 Å². The number of rotatable bonds is 8. The van der Waals surface area contributed by atoms with E-state index in [1.165, 1.54) is 0 Å². The molecule has 7 rings (SSSR count). The Balaban J connectivity index is 1.39. The Hall–Kier alpha value is -4.73. The predicted molar refractivity (Wildman–Crippen MR) is 204 cm³/mol. The largest absolute Gasteiger partial charge is 0.494 e. The maximum atomic E-state index is 15.1. The molecule has 0 saturated carbocycles. The second-order valence-corrected chi connectivity index (χ2v) is 14.6. The zero-order chi connectivity index (χ0) is 36.6. The Bertz CT molecular complexity index is 2410. The van der Waals surface area contributed by atoms with Crippen molar-refractivity contribution < 1.29 is 19.4 Å². The lowest BCUT2D eigenvalue weighted by molar-refractivity contribution is 0.0697. The van der Waals surface area contributed by atoms with E-state index < -0.39 is 5.97 Å². The van der Waals surface area contributed by atoms with Gasteiger partial charge < -0.3 is 23.9 Å². The molecule has 9 nitrogen and oxygen atoms in total. The molecule has 0 aliphatic carbocycles. The lowest BCUT2D eigenvalue weighted by Crippen LogP contribution is -2.43. The second kappa shape index (κ2) is 12.8. The molecule has 1 aliphatic rings. The molecule has 4 heterocycles. The van der Waals surface area contributed by atoms with Crippen molar-refractivity contribution >= 4 is 62.6 Å². The highest BCUT2D eigenvalue weighted by atomic mass is 35.5. The number of nitrogens with zero attached hydrogens (tertiary/aromatic N) is 5. The van der Waals surface area contributed by atoms with Gasteiger partial charge in [0.05, 0.1) is 39.6 Å². The van der Waals surface area contributed by atoms with E-state index in [0.29, 0.717) is 59.0 Å². The number of aryl methyl sites for hydroxylation is 6. The molecule has 1 atom stereocenters. The van der Waals surface area contributed by atoms with E-state index in [1.54, 1.807) is 6.92 Å². The first-order valence-electron chi connectivity index (χ1n) is 17.1. The third kappa shape index (κ3) is 5.40. The quantitative estimate of drug-likeness (QED) is 0.158. The summed E-state index contributed by atoms with van der Waals surface area (Å²) in [4.78, 5) is 29.2. The van der Waals surface area contributed by atoms with Crippen molar-refractivity contribution in [1.82, 2.24) is 18.9 Å². The van der Waals surface area contributed by atoms with Crippen molar-refractivity contribution in [3.05, 3.63) is 97.5 Å². The van der Waals surface area contributed by atoms with Crippen LogP contribution in [0.25, 0.3) is 32.9 Å². The number of hydrogen-bond acceptors (Lipinski definition) is 4. The lowest BCUT2D eigenvalue weighted by Gasteiger charge is -2.35. The van der Waals surface area contributed by atoms with Crippen LogP contribution in [-0.2, 0) is 20.5 Å². The average molecular weight is 727 g/mol. The zero-order valence-corrected chi connectivity index (χ0v) is 31.6. The first-order chi connectivity index (χ1) is 24.2. The predicted octanol–water partition coefficient (Wildman–Crippen LogP) is 9.31. The molecule has 3 aromatic heterocycles. The summed E-state index contributed by atoms with van der Waals surface area (Å²) in [5.41, 5.74) is 10.3. The van der Waals surface area contributed by atoms with E-state index >= 15 is 4.79 Å². The summed E-state index contributed by atoms with van der Waals surface area (Å²) >= 11 is 13.5. The number of carbonyl (C=O) groups is 2. The fourth-order valence-corrected chi connectivity index (χ4v) is 8.40. The van der Waals surface area contributed by atoms with Gasteiger partial charge in [0.2, 0.25) is 0 Å². The number of carboxylic acid groups (broad SMARTS) is 1. The molecule has 0 bridgehead atoms. The number of anilines is 1. The summed E-state index contributed by atoms with van der Waals surface area (Å²) in [7, 11) is 3.78. The minimum atomic E-state index is -0.993. The van der Waals surface area contributed by atoms with Crippen molar-refractivity contribution in [3.8, 4) is 16.9 Å². The molecule has 1 aliphatic heterocycles. The highest BCUT2D eigenvalue weighted by Crippen LogP contribution is 2.46. The van der Waals surface area contributed by atoms with Crippen molar-refractivity contribution in [2.24, 2.45) is 14.1 Å². The summed E-state index contributed by atoms with van der Waals surface area (Å²) < 4.78 is 12.1. The maximum Gasteiger partial charge on any atom is 0.338 e. The Morgan fingerprint density at radius 3 is 2.31 bits per heavy atom. The number of para-hydroxylation sites is 1. The van der Waals surface area contributed by atoms with Crippen LogP contribution >= 0.6 is 23.2 Å². The maximum absolute atomic E-state index is 15.1. The number of aromatic nitrogens is 4. The summed E-state index contributed by atoms with van der Waals surface area (Å²) in [5, 5.41) is 17.7. The smallest absolute Gasteiger partial charge is 0.338 e. The monoisotopic (exact) mass is 725 g/mol. The van der Waals surface area contributed by atoms with E-state index in [-0.39, 0.29) is 17.5 Å². The first-order valence-corrected chi connectivity index (χ1v) is 17.9. The molecule has 3 aromatic carbocycles. The van der Waals surface area contributed by atoms with Crippen LogP contribution in [0.1, 0.15) is 74.0 Å². The summed E-state index contributed by atoms with van der Waals surface area (Å²) in [6.45, 7) is 12.7. The molecule has 0 spiro atoms. The number of aromatic carboxylic acids is 1. The molecule has 0 radical (unpaired) electrons. The molecule has 6 aromatic rings. The minimum absolute atomic E-state index is 0.143. The fraction of sp³-hybridized carbons (Fsp3) is 0.325. The molecule has 0 saturated heterocycles. The van der Waals surface area contributed by atoms with Crippen molar-refractivity contribution in [3.63, 3.8) is 0 Å². The number of hydrogen-bond donors (Lipinski definition) is 1. The Morgan fingerprint density at radius 2 is 1.67 bits per heavy atom. The molecule has 1 amide bonds. The Kier molecular flexibility index (Phi) is 8.71. The van der Waals surface area contributed by atoms with Gasteiger partial charge >= 0.3 is 5.97 Å². The van der Waals surface area contributed by atoms with Gasteiger partial charge in [-0.25, -0.2) is 4.79 Å². The van der Waals surface area contributed by atoms with Gasteiger partial charge in [0.1, 0.15) is 11.4 Å². The topological polar surface area (TPSA) is 94.5 Å². The van der Waals surface area contributed by atoms with Gasteiger partial charge in [0.25, 0.3) is 5.91 Å². The van der Waals surface area contributed by atoms with Gasteiger partial charge in [0, 0.05) is 65.0 Å². The van der Waals surface area contributed by atoms with Crippen molar-refractivity contribution in [2.75, 3.05) is 18.1 Å². The van der Waals surface area contributed by atoms with Crippen LogP contribution in [0, 0.1) is 34.6 Å². The molecule has 264 valence electrons. The van der Waals surface area contributed by atoms with Crippen LogP contribution in [0.3, 0.4) is 0 Å². The number of amides is 1. The third-order valence-corrected chi connectivity index (χ3v) is 11.5. The average Bonchev–Trinajstić information content (AvgIpc) is 3.65. The van der Waals surface area contributed by atoms with Crippen LogP contribution in [0.15, 0.2) is 42.5 Å². The van der Waals surface area contributed by atoms with E-state index in [1.807, 2.05) is 98.4 Å². The van der Waals surface area contributed by atoms with Gasteiger partial charge in [-0.05, 0) is 95.3 Å². The number of halogens is 2. The fourth-order valence-electron chi connectivity index (χ4n) is 8.04. The summed E-state index contributed by atoms with van der Waals surface area (Å²) in [5.74, 6) is -0.376. The SMILES string of the molecule is Cc1cc(OCCCc2c3n(c4c(-c5c(C)nn(C)c5C)c(Cl)ccc24)[C@H](C)CN(c2cccc4c(C(=O)O)c(C)n(C)c24)C3=O)cc(C)c1Cl. The van der Waals surface area contributed by atoms with Crippen LogP contribution in [0.2, 0.25) is 10.0 Å². The molecular weight excluding hydrogens is 685 g/mol. The Morgan fingerprint density at radius 1 is 0.961 bits per heavy atom. The van der Waals surface area contributed by atoms with Crippen LogP contribution in [0.4, 0.5) is 5.69 Å². The van der Waals surface area contributed by atoms with E-state index in [4.69, 9.17) is 33.0 Å². The number of ether oxygens (including phenoxy) is 1. The normalized spacial score (nSPS) is 14.6. The van der Waals surface area contributed by atoms with Gasteiger partial charge in [0.15, 0.2) is 0 Å². The zero-order valence-electron chi connectivity index (χ0n) is 30.1. The second-order valence-electron chi connectivity index (χ2n) is 13.8. The van der Waals surface area contributed by atoms with Gasteiger partial charge in [-0.1, -0.05) is 41.4 Å². The van der Waals surface area contributed by atoms with Crippen LogP contribution in [-0.4, -0.2) is 49.0 Å². The lowest BCUT2D eigenvalue weighted by atomic mass is 9.98. The molecule has 0 fully saturated rings. The van der Waals surface area contributed by atoms with E-state index in [0.717, 1.165) is 60.9 Å². The molecule has 0 unspecified atom stereocenters. The van der Waals surface area contributed by atoms with Crippen LogP contribution in [0.5, 0.6) is 5.75 Å². The molecule has 1 N–H and O–H groups in total. The van der Waals surface area contributed by atoms with Gasteiger partial charge in [-0.3, -0.25) is 9.48 Å². The first kappa shape index (κ1) is 34.7. The summed E-state index contributed by atoms with van der Waals surface area (Å²) in [6.07, 6.45) is 1.24. The number of benzene rings is 3. The number of fused-ring (bicyclic) bond motifs is 4. The minimum Gasteiger partial charge on any atom is -0.494 e. The molecule has 11 heteroatoms. The van der Waals surface area contributed by atoms with Crippen LogP contribution < -0.4 is 9.64 Å². The van der Waals surface area contributed by atoms with Crippen molar-refractivity contribution in [2.45, 2.75) is 60.4 Å². The summed E-state index contributed by atoms with van der Waals surface area (Å²) in [6, 6.07) is 13.2. The van der Waals surface area contributed by atoms with E-state index in [9.17, 15) is 9.90 Å². The third-order valence-electron chi connectivity index (χ3n) is 10.6. The molecular formula is C40H41Cl2N5O4. The standard InChI is InChI=1S/C40H41Cl2N5O4/c1-20-17-26(18-21(2)35(20)42)51-16-10-12-27-28-14-15-30(41)34(32-23(4)43-45(8)25(32)6)37(28)47-22(3)19-46(39(48)38(27)47)31-13-9-11-29-33(40(49)50)24(5)44(7)36(29)31/h9,11,13-15,17-18,22H,10,12,16,19H2,1-8H3,(H,49,50)/t22-/m1/s1. The number of carboxylic acids is 1. The van der Waals surface area contributed by atoms with Crippen molar-refractivity contribution in [1.29, 1.82) is 0 Å². The highest BCUT2D eigenvalue weighted by molar-refractivity contribution is 6.35. The number of carbonyl (C=O) groups excluding carboxylic acids is 1. The Labute approximate surface area is 306 Å². The van der Waals surface area contributed by atoms with E-state index in [2.05, 4.69) is 11.5 Å².